The average molecular weight is 286 g/mol. The number of rotatable bonds is 5. The minimum absolute atomic E-state index is 0.177. The summed E-state index contributed by atoms with van der Waals surface area (Å²) in [4.78, 5) is 23.2. The second kappa shape index (κ2) is 6.03. The topological polar surface area (TPSA) is 78.4 Å². The van der Waals surface area contributed by atoms with E-state index in [1.807, 2.05) is 11.8 Å². The molecule has 0 radical (unpaired) electrons. The number of hydrogen-bond donors (Lipinski definition) is 3. The highest BCUT2D eigenvalue weighted by molar-refractivity contribution is 7.99. The lowest BCUT2D eigenvalue weighted by molar-refractivity contribution is -0.148. The van der Waals surface area contributed by atoms with E-state index in [4.69, 9.17) is 0 Å². The van der Waals surface area contributed by atoms with Crippen molar-refractivity contribution in [2.24, 2.45) is 0 Å². The maximum absolute atomic E-state index is 12.0. The van der Waals surface area contributed by atoms with Gasteiger partial charge in [-0.3, -0.25) is 0 Å². The van der Waals surface area contributed by atoms with Gasteiger partial charge in [-0.15, -0.1) is 0 Å². The molecule has 0 aromatic rings. The van der Waals surface area contributed by atoms with Crippen LogP contribution in [-0.4, -0.2) is 39.7 Å². The highest BCUT2D eigenvalue weighted by atomic mass is 32.2. The zero-order valence-corrected chi connectivity index (χ0v) is 12.1. The average Bonchev–Trinajstić information content (AvgIpc) is 2.71. The summed E-state index contributed by atoms with van der Waals surface area (Å²) in [6.45, 7) is 2.12. The van der Waals surface area contributed by atoms with Gasteiger partial charge in [-0.25, -0.2) is 9.59 Å². The fourth-order valence-corrected chi connectivity index (χ4v) is 4.05. The molecule has 0 aromatic heterocycles. The summed E-state index contributed by atoms with van der Waals surface area (Å²) in [5.74, 6) is 0.128. The summed E-state index contributed by atoms with van der Waals surface area (Å²) in [5, 5.41) is 15.3. The van der Waals surface area contributed by atoms with Crippen LogP contribution < -0.4 is 10.6 Å². The maximum Gasteiger partial charge on any atom is 0.329 e. The van der Waals surface area contributed by atoms with Crippen molar-refractivity contribution >= 4 is 23.8 Å². The van der Waals surface area contributed by atoms with E-state index < -0.39 is 11.5 Å². The van der Waals surface area contributed by atoms with E-state index in [9.17, 15) is 14.7 Å². The molecule has 0 heterocycles. The number of hydrogen-bond acceptors (Lipinski definition) is 3. The van der Waals surface area contributed by atoms with E-state index in [-0.39, 0.29) is 12.1 Å². The van der Waals surface area contributed by atoms with E-state index in [0.717, 1.165) is 31.4 Å². The van der Waals surface area contributed by atoms with Crippen LogP contribution in [0.15, 0.2) is 0 Å². The van der Waals surface area contributed by atoms with Crippen molar-refractivity contribution in [3.8, 4) is 0 Å². The maximum atomic E-state index is 12.0. The summed E-state index contributed by atoms with van der Waals surface area (Å²) in [6, 6.07) is -0.147. The molecule has 6 heteroatoms. The number of carboxylic acid groups (broad SMARTS) is 1. The first-order valence-corrected chi connectivity index (χ1v) is 8.06. The van der Waals surface area contributed by atoms with Gasteiger partial charge in [-0.1, -0.05) is 13.3 Å². The van der Waals surface area contributed by atoms with Crippen molar-refractivity contribution in [3.63, 3.8) is 0 Å². The van der Waals surface area contributed by atoms with E-state index in [1.165, 1.54) is 0 Å². The molecule has 2 atom stereocenters. The Morgan fingerprint density at radius 2 is 2.05 bits per heavy atom. The van der Waals surface area contributed by atoms with Crippen LogP contribution in [0.25, 0.3) is 0 Å². The third-order valence-electron chi connectivity index (χ3n) is 4.12. The second-order valence-electron chi connectivity index (χ2n) is 5.37. The van der Waals surface area contributed by atoms with Gasteiger partial charge in [0.2, 0.25) is 0 Å². The summed E-state index contributed by atoms with van der Waals surface area (Å²) in [6.07, 6.45) is 5.19. The van der Waals surface area contributed by atoms with E-state index in [2.05, 4.69) is 17.6 Å². The number of carbonyl (C=O) groups is 2. The van der Waals surface area contributed by atoms with Gasteiger partial charge in [-0.05, 0) is 37.9 Å². The summed E-state index contributed by atoms with van der Waals surface area (Å²) >= 11 is 1.87. The van der Waals surface area contributed by atoms with E-state index in [0.29, 0.717) is 18.1 Å². The molecule has 2 rings (SSSR count). The van der Waals surface area contributed by atoms with Crippen LogP contribution in [-0.2, 0) is 4.79 Å². The molecular formula is C13H22N2O3S. The summed E-state index contributed by atoms with van der Waals surface area (Å²) in [7, 11) is 0. The Kier molecular flexibility index (Phi) is 4.60. The van der Waals surface area contributed by atoms with Gasteiger partial charge >= 0.3 is 12.0 Å². The van der Waals surface area contributed by atoms with Crippen molar-refractivity contribution in [2.75, 3.05) is 5.75 Å². The Labute approximate surface area is 117 Å². The van der Waals surface area contributed by atoms with Crippen LogP contribution in [0.1, 0.15) is 45.4 Å². The molecule has 2 aliphatic rings. The molecule has 2 unspecified atom stereocenters. The van der Waals surface area contributed by atoms with Crippen molar-refractivity contribution in [3.05, 3.63) is 0 Å². The number of carbonyl (C=O) groups excluding carboxylic acids is 1. The molecule has 19 heavy (non-hydrogen) atoms. The standard InChI is InChI=1S/C13H22N2O3S/c1-2-19-10-6-3-5-9(10)14-12(18)15-13(11(16)17)7-4-8-13/h9-10H,2-8H2,1H3,(H,16,17)(H2,14,15,18). The minimum atomic E-state index is -1.02. The largest absolute Gasteiger partial charge is 0.480 e. The predicted molar refractivity (Wildman–Crippen MR) is 75.4 cm³/mol. The molecule has 2 aliphatic carbocycles. The van der Waals surface area contributed by atoms with Crippen LogP contribution in [0.5, 0.6) is 0 Å². The van der Waals surface area contributed by atoms with Gasteiger partial charge in [0.25, 0.3) is 0 Å². The lowest BCUT2D eigenvalue weighted by atomic mass is 9.77. The number of amides is 2. The Morgan fingerprint density at radius 1 is 1.32 bits per heavy atom. The zero-order valence-electron chi connectivity index (χ0n) is 11.3. The number of carboxylic acids is 1. The Morgan fingerprint density at radius 3 is 2.58 bits per heavy atom. The highest BCUT2D eigenvalue weighted by Gasteiger charge is 2.46. The lowest BCUT2D eigenvalue weighted by Gasteiger charge is -2.38. The van der Waals surface area contributed by atoms with Crippen molar-refractivity contribution in [1.29, 1.82) is 0 Å². The molecule has 0 saturated heterocycles. The minimum Gasteiger partial charge on any atom is -0.480 e. The number of nitrogens with one attached hydrogen (secondary N) is 2. The van der Waals surface area contributed by atoms with Gasteiger partial charge in [0, 0.05) is 11.3 Å². The Balaban J connectivity index is 1.85. The Bertz CT molecular complexity index is 358. The molecule has 0 spiro atoms. The third kappa shape index (κ3) is 3.16. The molecular weight excluding hydrogens is 264 g/mol. The van der Waals surface area contributed by atoms with Crippen molar-refractivity contribution in [1.82, 2.24) is 10.6 Å². The lowest BCUT2D eigenvalue weighted by Crippen LogP contribution is -2.62. The van der Waals surface area contributed by atoms with Crippen LogP contribution in [0, 0.1) is 0 Å². The molecule has 0 aromatic carbocycles. The molecule has 0 aliphatic heterocycles. The fraction of sp³-hybridized carbons (Fsp3) is 0.846. The molecule has 2 saturated carbocycles. The van der Waals surface area contributed by atoms with Gasteiger partial charge in [0.1, 0.15) is 5.54 Å². The third-order valence-corrected chi connectivity index (χ3v) is 5.44. The van der Waals surface area contributed by atoms with Gasteiger partial charge < -0.3 is 15.7 Å². The smallest absolute Gasteiger partial charge is 0.329 e. The molecule has 2 fully saturated rings. The van der Waals surface area contributed by atoms with E-state index >= 15 is 0 Å². The van der Waals surface area contributed by atoms with Gasteiger partial charge in [-0.2, -0.15) is 11.8 Å². The first-order chi connectivity index (χ1) is 9.07. The summed E-state index contributed by atoms with van der Waals surface area (Å²) in [5.41, 5.74) is -1.02. The van der Waals surface area contributed by atoms with Crippen LogP contribution >= 0.6 is 11.8 Å². The first-order valence-electron chi connectivity index (χ1n) is 7.01. The number of aliphatic carboxylic acids is 1. The second-order valence-corrected chi connectivity index (χ2v) is 6.89. The molecule has 3 N–H and O–H groups in total. The summed E-state index contributed by atoms with van der Waals surface area (Å²) < 4.78 is 0. The van der Waals surface area contributed by atoms with Gasteiger partial charge in [0.05, 0.1) is 0 Å². The molecule has 108 valence electrons. The van der Waals surface area contributed by atoms with E-state index in [1.54, 1.807) is 0 Å². The normalized spacial score (nSPS) is 28.5. The quantitative estimate of drug-likeness (QED) is 0.722. The highest BCUT2D eigenvalue weighted by Crippen LogP contribution is 2.33. The predicted octanol–water partition coefficient (Wildman–Crippen LogP) is 1.97. The zero-order chi connectivity index (χ0) is 13.9. The van der Waals surface area contributed by atoms with Crippen molar-refractivity contribution < 1.29 is 14.7 Å². The molecule has 2 amide bonds. The van der Waals surface area contributed by atoms with Crippen molar-refractivity contribution in [2.45, 2.75) is 62.3 Å². The van der Waals surface area contributed by atoms with Gasteiger partial charge in [0.15, 0.2) is 0 Å². The van der Waals surface area contributed by atoms with Crippen LogP contribution in [0.4, 0.5) is 4.79 Å². The SMILES string of the molecule is CCSC1CCCC1NC(=O)NC1(C(=O)O)CCC1. The monoisotopic (exact) mass is 286 g/mol. The van der Waals surface area contributed by atoms with Crippen LogP contribution in [0.2, 0.25) is 0 Å². The molecule has 0 bridgehead atoms. The van der Waals surface area contributed by atoms with Crippen LogP contribution in [0.3, 0.4) is 0 Å². The number of urea groups is 1. The fourth-order valence-electron chi connectivity index (χ4n) is 2.85. The first kappa shape index (κ1) is 14.5. The number of thioether (sulfide) groups is 1. The molecule has 5 nitrogen and oxygen atoms in total. The Hall–Kier alpha value is -0.910.